The molecule has 25 heavy (non-hydrogen) atoms. The maximum atomic E-state index is 12.1. The Labute approximate surface area is 151 Å². The lowest BCUT2D eigenvalue weighted by Crippen LogP contribution is -2.23. The van der Waals surface area contributed by atoms with Gasteiger partial charge in [0.25, 0.3) is 0 Å². The smallest absolute Gasteiger partial charge is 0.220 e. The van der Waals surface area contributed by atoms with Gasteiger partial charge in [0, 0.05) is 18.0 Å². The molecule has 3 rings (SSSR count). The SMILES string of the molecule is O=C(CCc1cccc(Cl)c1)NCc1ccccc1Cn1cncn1. The molecule has 0 aliphatic carbocycles. The largest absolute Gasteiger partial charge is 0.352 e. The fraction of sp³-hybridized carbons (Fsp3) is 0.211. The van der Waals surface area contributed by atoms with E-state index in [0.717, 1.165) is 16.7 Å². The molecule has 1 N–H and O–H groups in total. The van der Waals surface area contributed by atoms with Crippen molar-refractivity contribution in [2.45, 2.75) is 25.9 Å². The van der Waals surface area contributed by atoms with Gasteiger partial charge in [-0.1, -0.05) is 48.0 Å². The molecule has 0 spiro atoms. The number of halogens is 1. The monoisotopic (exact) mass is 354 g/mol. The highest BCUT2D eigenvalue weighted by Gasteiger charge is 2.06. The molecule has 1 heterocycles. The van der Waals surface area contributed by atoms with Crippen molar-refractivity contribution >= 4 is 17.5 Å². The van der Waals surface area contributed by atoms with Gasteiger partial charge in [-0.05, 0) is 35.2 Å². The molecule has 0 saturated heterocycles. The zero-order valence-corrected chi connectivity index (χ0v) is 14.5. The van der Waals surface area contributed by atoms with E-state index in [2.05, 4.69) is 15.4 Å². The lowest BCUT2D eigenvalue weighted by atomic mass is 10.1. The molecule has 0 radical (unpaired) electrons. The lowest BCUT2D eigenvalue weighted by molar-refractivity contribution is -0.121. The number of aryl methyl sites for hydroxylation is 1. The van der Waals surface area contributed by atoms with Gasteiger partial charge in [0.05, 0.1) is 6.54 Å². The van der Waals surface area contributed by atoms with Gasteiger partial charge in [0.2, 0.25) is 5.91 Å². The first-order valence-corrected chi connectivity index (χ1v) is 8.49. The van der Waals surface area contributed by atoms with Crippen molar-refractivity contribution in [3.05, 3.63) is 82.9 Å². The Hall–Kier alpha value is -2.66. The van der Waals surface area contributed by atoms with Crippen molar-refractivity contribution in [3.63, 3.8) is 0 Å². The molecular weight excluding hydrogens is 336 g/mol. The van der Waals surface area contributed by atoms with E-state index in [1.165, 1.54) is 6.33 Å². The standard InChI is InChI=1S/C19H19ClN4O/c20-18-7-3-4-15(10-18)8-9-19(25)22-11-16-5-1-2-6-17(16)12-24-14-21-13-23-24/h1-7,10,13-14H,8-9,11-12H2,(H,22,25). The van der Waals surface area contributed by atoms with E-state index in [1.807, 2.05) is 48.5 Å². The quantitative estimate of drug-likeness (QED) is 0.708. The van der Waals surface area contributed by atoms with Crippen LogP contribution >= 0.6 is 11.6 Å². The molecule has 0 saturated carbocycles. The van der Waals surface area contributed by atoms with Crippen LogP contribution in [0.1, 0.15) is 23.1 Å². The molecule has 2 aromatic carbocycles. The van der Waals surface area contributed by atoms with Crippen molar-refractivity contribution < 1.29 is 4.79 Å². The Kier molecular flexibility index (Phi) is 5.80. The third-order valence-electron chi connectivity index (χ3n) is 3.92. The minimum atomic E-state index is 0.0236. The molecule has 128 valence electrons. The Balaban J connectivity index is 1.53. The van der Waals surface area contributed by atoms with Gasteiger partial charge in [-0.2, -0.15) is 5.10 Å². The summed E-state index contributed by atoms with van der Waals surface area (Å²) in [5, 5.41) is 7.81. The first kappa shape index (κ1) is 17.2. The molecule has 1 aromatic heterocycles. The normalized spacial score (nSPS) is 10.6. The highest BCUT2D eigenvalue weighted by atomic mass is 35.5. The van der Waals surface area contributed by atoms with Gasteiger partial charge < -0.3 is 5.32 Å². The van der Waals surface area contributed by atoms with Crippen molar-refractivity contribution in [2.75, 3.05) is 0 Å². The number of carbonyl (C=O) groups excluding carboxylic acids is 1. The maximum absolute atomic E-state index is 12.1. The lowest BCUT2D eigenvalue weighted by Gasteiger charge is -2.11. The summed E-state index contributed by atoms with van der Waals surface area (Å²) >= 11 is 5.96. The molecule has 5 nitrogen and oxygen atoms in total. The Morgan fingerprint density at radius 3 is 2.72 bits per heavy atom. The molecule has 0 bridgehead atoms. The molecule has 0 atom stereocenters. The zero-order valence-electron chi connectivity index (χ0n) is 13.7. The van der Waals surface area contributed by atoms with E-state index >= 15 is 0 Å². The average molecular weight is 355 g/mol. The summed E-state index contributed by atoms with van der Waals surface area (Å²) in [5.74, 6) is 0.0236. The molecule has 0 unspecified atom stereocenters. The van der Waals surface area contributed by atoms with Crippen molar-refractivity contribution in [1.29, 1.82) is 0 Å². The first-order chi connectivity index (χ1) is 12.2. The van der Waals surface area contributed by atoms with E-state index in [0.29, 0.717) is 31.0 Å². The number of benzene rings is 2. The van der Waals surface area contributed by atoms with Crippen LogP contribution in [0.3, 0.4) is 0 Å². The molecule has 0 aliphatic rings. The predicted octanol–water partition coefficient (Wildman–Crippen LogP) is 3.23. The predicted molar refractivity (Wildman–Crippen MR) is 97.2 cm³/mol. The average Bonchev–Trinajstić information content (AvgIpc) is 3.12. The second-order valence-electron chi connectivity index (χ2n) is 5.77. The van der Waals surface area contributed by atoms with E-state index < -0.39 is 0 Å². The molecule has 3 aromatic rings. The Morgan fingerprint density at radius 1 is 1.12 bits per heavy atom. The molecule has 6 heteroatoms. The van der Waals surface area contributed by atoms with Crippen LogP contribution < -0.4 is 5.32 Å². The highest BCUT2D eigenvalue weighted by molar-refractivity contribution is 6.30. The summed E-state index contributed by atoms with van der Waals surface area (Å²) in [4.78, 5) is 16.1. The number of nitrogens with one attached hydrogen (secondary N) is 1. The van der Waals surface area contributed by atoms with Gasteiger partial charge in [-0.3, -0.25) is 4.79 Å². The number of rotatable bonds is 7. The summed E-state index contributed by atoms with van der Waals surface area (Å²) in [5.41, 5.74) is 3.26. The van der Waals surface area contributed by atoms with Crippen LogP contribution in [0.2, 0.25) is 5.02 Å². The van der Waals surface area contributed by atoms with Crippen molar-refractivity contribution in [1.82, 2.24) is 20.1 Å². The topological polar surface area (TPSA) is 59.8 Å². The number of nitrogens with zero attached hydrogens (tertiary/aromatic N) is 3. The van der Waals surface area contributed by atoms with Gasteiger partial charge in [-0.25, -0.2) is 9.67 Å². The minimum absolute atomic E-state index is 0.0236. The summed E-state index contributed by atoms with van der Waals surface area (Å²) in [6, 6.07) is 15.6. The number of hydrogen-bond donors (Lipinski definition) is 1. The Bertz CT molecular complexity index is 833. The first-order valence-electron chi connectivity index (χ1n) is 8.11. The molecular formula is C19H19ClN4O. The zero-order chi connectivity index (χ0) is 17.5. The van der Waals surface area contributed by atoms with E-state index in [4.69, 9.17) is 11.6 Å². The van der Waals surface area contributed by atoms with Crippen LogP contribution in [0.15, 0.2) is 61.2 Å². The fourth-order valence-electron chi connectivity index (χ4n) is 2.61. The fourth-order valence-corrected chi connectivity index (χ4v) is 2.82. The van der Waals surface area contributed by atoms with Crippen LogP contribution in [0.4, 0.5) is 0 Å². The van der Waals surface area contributed by atoms with Crippen LogP contribution in [-0.2, 0) is 24.3 Å². The van der Waals surface area contributed by atoms with E-state index in [1.54, 1.807) is 11.0 Å². The van der Waals surface area contributed by atoms with Gasteiger partial charge in [-0.15, -0.1) is 0 Å². The number of amides is 1. The summed E-state index contributed by atoms with van der Waals surface area (Å²) in [6.07, 6.45) is 4.30. The number of aromatic nitrogens is 3. The Morgan fingerprint density at radius 2 is 1.96 bits per heavy atom. The summed E-state index contributed by atoms with van der Waals surface area (Å²) in [6.45, 7) is 1.13. The van der Waals surface area contributed by atoms with Crippen molar-refractivity contribution in [2.24, 2.45) is 0 Å². The van der Waals surface area contributed by atoms with E-state index in [9.17, 15) is 4.79 Å². The van der Waals surface area contributed by atoms with Crippen LogP contribution in [0, 0.1) is 0 Å². The highest BCUT2D eigenvalue weighted by Crippen LogP contribution is 2.13. The van der Waals surface area contributed by atoms with Crippen LogP contribution in [0.5, 0.6) is 0 Å². The van der Waals surface area contributed by atoms with Crippen LogP contribution in [0.25, 0.3) is 0 Å². The third-order valence-corrected chi connectivity index (χ3v) is 4.16. The second-order valence-corrected chi connectivity index (χ2v) is 6.20. The molecule has 0 fully saturated rings. The van der Waals surface area contributed by atoms with Gasteiger partial charge in [0.15, 0.2) is 0 Å². The summed E-state index contributed by atoms with van der Waals surface area (Å²) < 4.78 is 1.76. The van der Waals surface area contributed by atoms with Crippen LogP contribution in [-0.4, -0.2) is 20.7 Å². The van der Waals surface area contributed by atoms with Crippen molar-refractivity contribution in [3.8, 4) is 0 Å². The summed E-state index contributed by atoms with van der Waals surface area (Å²) in [7, 11) is 0. The third kappa shape index (κ3) is 5.16. The second kappa shape index (κ2) is 8.44. The number of carbonyl (C=O) groups is 1. The van der Waals surface area contributed by atoms with Gasteiger partial charge >= 0.3 is 0 Å². The number of hydrogen-bond acceptors (Lipinski definition) is 3. The molecule has 1 amide bonds. The minimum Gasteiger partial charge on any atom is -0.352 e. The van der Waals surface area contributed by atoms with E-state index in [-0.39, 0.29) is 5.91 Å². The van der Waals surface area contributed by atoms with Gasteiger partial charge in [0.1, 0.15) is 12.7 Å². The molecule has 0 aliphatic heterocycles. The maximum Gasteiger partial charge on any atom is 0.220 e.